The third-order valence-corrected chi connectivity index (χ3v) is 5.71. The van der Waals surface area contributed by atoms with Crippen molar-refractivity contribution in [3.63, 3.8) is 0 Å². The van der Waals surface area contributed by atoms with E-state index in [-0.39, 0.29) is 17.3 Å². The number of nitrogen functional groups attached to an aromatic ring is 1. The van der Waals surface area contributed by atoms with Crippen molar-refractivity contribution in [3.8, 4) is 11.4 Å². The second kappa shape index (κ2) is 12.5. The molecule has 0 aliphatic carbocycles. The number of amides is 1. The lowest BCUT2D eigenvalue weighted by molar-refractivity contribution is 0.102. The minimum absolute atomic E-state index is 0.213. The molecule has 11 nitrogen and oxygen atoms in total. The fourth-order valence-corrected chi connectivity index (χ4v) is 3.73. The highest BCUT2D eigenvalue weighted by atomic mass is 19.1. The molecule has 0 fully saturated rings. The van der Waals surface area contributed by atoms with Gasteiger partial charge in [-0.1, -0.05) is 0 Å². The van der Waals surface area contributed by atoms with E-state index in [2.05, 4.69) is 35.8 Å². The predicted molar refractivity (Wildman–Crippen MR) is 154 cm³/mol. The first-order valence-corrected chi connectivity index (χ1v) is 12.5. The second-order valence-corrected chi connectivity index (χ2v) is 8.84. The largest absolute Gasteiger partial charge is 0.382 e. The zero-order chi connectivity index (χ0) is 29.5. The zero-order valence-electron chi connectivity index (χ0n) is 22.2. The van der Waals surface area contributed by atoms with Crippen molar-refractivity contribution in [2.24, 2.45) is 0 Å². The number of nitrogens with two attached hydrogens (primary N) is 1. The van der Waals surface area contributed by atoms with E-state index < -0.39 is 5.91 Å². The van der Waals surface area contributed by atoms with Gasteiger partial charge >= 0.3 is 0 Å². The van der Waals surface area contributed by atoms with E-state index in [0.717, 1.165) is 5.69 Å². The summed E-state index contributed by atoms with van der Waals surface area (Å²) in [6.45, 7) is 1.80. The number of rotatable bonds is 6. The topological polar surface area (TPSA) is 141 Å². The zero-order valence-corrected chi connectivity index (χ0v) is 22.2. The quantitative estimate of drug-likeness (QED) is 0.253. The molecule has 0 aliphatic heterocycles. The van der Waals surface area contributed by atoms with Gasteiger partial charge in [0.2, 0.25) is 0 Å². The van der Waals surface area contributed by atoms with Crippen LogP contribution in [-0.2, 0) is 0 Å². The summed E-state index contributed by atoms with van der Waals surface area (Å²) in [6, 6.07) is 18.8. The van der Waals surface area contributed by atoms with E-state index in [4.69, 9.17) is 5.73 Å². The number of hydrogen-bond acceptors (Lipinski definition) is 8. The fraction of sp³-hybridized carbons (Fsp3) is 0.0345. The predicted octanol–water partition coefficient (Wildman–Crippen LogP) is 5.09. The van der Waals surface area contributed by atoms with Crippen molar-refractivity contribution in [1.29, 1.82) is 0 Å². The van der Waals surface area contributed by atoms with Gasteiger partial charge in [-0.3, -0.25) is 4.79 Å². The molecular formula is C29H24F2N10O. The number of benzene rings is 2. The Morgan fingerprint density at radius 1 is 0.786 bits per heavy atom. The van der Waals surface area contributed by atoms with Crippen molar-refractivity contribution in [3.05, 3.63) is 127 Å². The van der Waals surface area contributed by atoms with E-state index in [1.807, 2.05) is 0 Å². The Morgan fingerprint density at radius 2 is 1.38 bits per heavy atom. The molecular weight excluding hydrogens is 542 g/mol. The third kappa shape index (κ3) is 6.96. The van der Waals surface area contributed by atoms with E-state index in [0.29, 0.717) is 34.4 Å². The molecule has 1 amide bonds. The lowest BCUT2D eigenvalue weighted by atomic mass is 10.2. The van der Waals surface area contributed by atoms with Gasteiger partial charge in [0.1, 0.15) is 23.8 Å². The van der Waals surface area contributed by atoms with Crippen LogP contribution in [0.1, 0.15) is 16.2 Å². The van der Waals surface area contributed by atoms with Gasteiger partial charge in [0.15, 0.2) is 11.5 Å². The molecule has 210 valence electrons. The van der Waals surface area contributed by atoms with Crippen molar-refractivity contribution < 1.29 is 13.6 Å². The van der Waals surface area contributed by atoms with Crippen LogP contribution in [0.5, 0.6) is 0 Å². The van der Waals surface area contributed by atoms with Crippen LogP contribution in [0.2, 0.25) is 0 Å². The van der Waals surface area contributed by atoms with Crippen LogP contribution in [0.3, 0.4) is 0 Å². The van der Waals surface area contributed by atoms with Crippen LogP contribution >= 0.6 is 0 Å². The maximum atomic E-state index is 13.1. The van der Waals surface area contributed by atoms with E-state index in [1.54, 1.807) is 89.6 Å². The SMILES string of the molecule is Cc1ccc(Nc2cncnc2)c(C(=O)Nc2ccn(-c3ccc(F)cc3)n2)n1.Nc1ccn(-c2ccc(F)cc2)n1. The minimum atomic E-state index is -0.419. The highest BCUT2D eigenvalue weighted by molar-refractivity contribution is 6.06. The smallest absolute Gasteiger partial charge is 0.277 e. The average Bonchev–Trinajstić information content (AvgIpc) is 3.65. The number of nitrogens with zero attached hydrogens (tertiary/aromatic N) is 7. The number of carbonyl (C=O) groups is 1. The van der Waals surface area contributed by atoms with Crippen molar-refractivity contribution in [1.82, 2.24) is 34.5 Å². The van der Waals surface area contributed by atoms with Gasteiger partial charge in [-0.05, 0) is 67.6 Å². The summed E-state index contributed by atoms with van der Waals surface area (Å²) in [6.07, 6.45) is 8.01. The van der Waals surface area contributed by atoms with Crippen LogP contribution in [0.4, 0.5) is 31.8 Å². The average molecular weight is 567 g/mol. The molecule has 0 unspecified atom stereocenters. The first-order valence-electron chi connectivity index (χ1n) is 12.5. The third-order valence-electron chi connectivity index (χ3n) is 5.71. The molecule has 6 aromatic rings. The summed E-state index contributed by atoms with van der Waals surface area (Å²) in [5.41, 5.74) is 8.96. The summed E-state index contributed by atoms with van der Waals surface area (Å²) in [4.78, 5) is 25.1. The van der Waals surface area contributed by atoms with Gasteiger partial charge in [0.05, 0.1) is 35.1 Å². The Hall–Kier alpha value is -5.98. The van der Waals surface area contributed by atoms with Gasteiger partial charge in [-0.25, -0.2) is 33.1 Å². The monoisotopic (exact) mass is 566 g/mol. The summed E-state index contributed by atoms with van der Waals surface area (Å²) < 4.78 is 28.8. The fourth-order valence-electron chi connectivity index (χ4n) is 3.73. The molecule has 2 aromatic carbocycles. The van der Waals surface area contributed by atoms with Gasteiger partial charge in [-0.15, -0.1) is 0 Å². The molecule has 4 N–H and O–H groups in total. The summed E-state index contributed by atoms with van der Waals surface area (Å²) in [5, 5.41) is 14.1. The molecule has 0 spiro atoms. The standard InChI is InChI=1S/C20H16FN7O.C9H8FN3/c1-13-2-7-17(25-15-10-22-12-23-11-15)19(24-13)20(29)26-18-8-9-28(27-18)16-5-3-14(21)4-6-16;10-7-1-3-8(4-2-7)13-6-5-9(11)12-13/h2-12,25H,1H3,(H,26,27,29);1-6H,(H2,11,12). The molecule has 42 heavy (non-hydrogen) atoms. The van der Waals surface area contributed by atoms with Gasteiger partial charge in [-0.2, -0.15) is 10.2 Å². The molecule has 4 heterocycles. The molecule has 4 aromatic heterocycles. The van der Waals surface area contributed by atoms with Crippen LogP contribution in [0.25, 0.3) is 11.4 Å². The van der Waals surface area contributed by atoms with Crippen LogP contribution in [0, 0.1) is 18.6 Å². The number of aryl methyl sites for hydroxylation is 1. The van der Waals surface area contributed by atoms with E-state index in [9.17, 15) is 13.6 Å². The number of nitrogens with one attached hydrogen (secondary N) is 2. The molecule has 0 atom stereocenters. The van der Waals surface area contributed by atoms with Gasteiger partial charge < -0.3 is 16.4 Å². The highest BCUT2D eigenvalue weighted by Gasteiger charge is 2.16. The first-order chi connectivity index (χ1) is 20.3. The highest BCUT2D eigenvalue weighted by Crippen LogP contribution is 2.21. The van der Waals surface area contributed by atoms with Crippen molar-refractivity contribution in [2.75, 3.05) is 16.4 Å². The minimum Gasteiger partial charge on any atom is -0.382 e. The first kappa shape index (κ1) is 27.6. The Morgan fingerprint density at radius 3 is 1.98 bits per heavy atom. The molecule has 0 bridgehead atoms. The number of pyridine rings is 1. The number of anilines is 4. The Kier molecular flexibility index (Phi) is 8.19. The van der Waals surface area contributed by atoms with Crippen LogP contribution in [0.15, 0.2) is 104 Å². The Bertz CT molecular complexity index is 1790. The van der Waals surface area contributed by atoms with Gasteiger partial charge in [0, 0.05) is 30.2 Å². The summed E-state index contributed by atoms with van der Waals surface area (Å²) >= 11 is 0. The number of hydrogen-bond donors (Lipinski definition) is 3. The molecule has 0 saturated carbocycles. The molecule has 0 saturated heterocycles. The summed E-state index contributed by atoms with van der Waals surface area (Å²) in [5.74, 6) is -0.217. The number of halogens is 2. The van der Waals surface area contributed by atoms with Gasteiger partial charge in [0.25, 0.3) is 5.91 Å². The van der Waals surface area contributed by atoms with Crippen LogP contribution in [-0.4, -0.2) is 40.4 Å². The summed E-state index contributed by atoms with van der Waals surface area (Å²) in [7, 11) is 0. The number of aromatic nitrogens is 7. The lowest BCUT2D eigenvalue weighted by Crippen LogP contribution is -2.17. The van der Waals surface area contributed by atoms with E-state index in [1.165, 1.54) is 30.6 Å². The van der Waals surface area contributed by atoms with Crippen molar-refractivity contribution in [2.45, 2.75) is 6.92 Å². The molecule has 0 radical (unpaired) electrons. The lowest BCUT2D eigenvalue weighted by Gasteiger charge is -2.11. The van der Waals surface area contributed by atoms with Crippen LogP contribution < -0.4 is 16.4 Å². The number of carbonyl (C=O) groups excluding carboxylic acids is 1. The maximum Gasteiger partial charge on any atom is 0.277 e. The second-order valence-electron chi connectivity index (χ2n) is 8.84. The molecule has 6 rings (SSSR count). The molecule has 0 aliphatic rings. The molecule has 13 heteroatoms. The Labute approximate surface area is 238 Å². The maximum absolute atomic E-state index is 13.1. The van der Waals surface area contributed by atoms with Crippen molar-refractivity contribution >= 4 is 28.9 Å². The normalized spacial score (nSPS) is 10.5. The Balaban J connectivity index is 0.000000226. The van der Waals surface area contributed by atoms with E-state index >= 15 is 0 Å².